The van der Waals surface area contributed by atoms with Gasteiger partial charge in [-0.25, -0.2) is 9.97 Å². The van der Waals surface area contributed by atoms with Crippen LogP contribution in [0.15, 0.2) is 18.5 Å². The van der Waals surface area contributed by atoms with E-state index in [0.29, 0.717) is 6.54 Å². The highest BCUT2D eigenvalue weighted by molar-refractivity contribution is 5.85. The SMILES string of the molecule is CC(CN)C(=O)NC1CCCN(c2ncccn2)C1.Cl.Cl. The summed E-state index contributed by atoms with van der Waals surface area (Å²) in [4.78, 5) is 22.5. The molecule has 0 aliphatic carbocycles. The smallest absolute Gasteiger partial charge is 0.225 e. The Labute approximate surface area is 137 Å². The first-order chi connectivity index (χ1) is 9.20. The predicted molar refractivity (Wildman–Crippen MR) is 88.1 cm³/mol. The molecule has 8 heteroatoms. The molecule has 1 fully saturated rings. The van der Waals surface area contributed by atoms with Crippen molar-refractivity contribution in [2.75, 3.05) is 24.5 Å². The molecule has 2 rings (SSSR count). The second-order valence-corrected chi connectivity index (χ2v) is 4.98. The molecule has 0 spiro atoms. The van der Waals surface area contributed by atoms with Gasteiger partial charge in [-0.3, -0.25) is 4.79 Å². The molecule has 1 aromatic heterocycles. The molecule has 2 atom stereocenters. The Hall–Kier alpha value is -1.11. The molecular weight excluding hydrogens is 313 g/mol. The monoisotopic (exact) mass is 335 g/mol. The normalized spacial score (nSPS) is 19.0. The van der Waals surface area contributed by atoms with Gasteiger partial charge in [0.25, 0.3) is 0 Å². The molecule has 21 heavy (non-hydrogen) atoms. The van der Waals surface area contributed by atoms with E-state index in [4.69, 9.17) is 5.73 Å². The van der Waals surface area contributed by atoms with Crippen molar-refractivity contribution in [1.29, 1.82) is 0 Å². The van der Waals surface area contributed by atoms with Crippen molar-refractivity contribution in [3.05, 3.63) is 18.5 Å². The summed E-state index contributed by atoms with van der Waals surface area (Å²) >= 11 is 0. The van der Waals surface area contributed by atoms with Crippen molar-refractivity contribution >= 4 is 36.7 Å². The number of carbonyl (C=O) groups excluding carboxylic acids is 1. The second kappa shape index (κ2) is 9.76. The minimum Gasteiger partial charge on any atom is -0.351 e. The van der Waals surface area contributed by atoms with Crippen LogP contribution in [0.1, 0.15) is 19.8 Å². The molecule has 0 aromatic carbocycles. The van der Waals surface area contributed by atoms with Gasteiger partial charge >= 0.3 is 0 Å². The Kier molecular flexibility index (Phi) is 9.24. The van der Waals surface area contributed by atoms with Gasteiger partial charge in [-0.1, -0.05) is 6.92 Å². The molecule has 0 bridgehead atoms. The molecule has 120 valence electrons. The summed E-state index contributed by atoms with van der Waals surface area (Å²) in [5.74, 6) is 0.625. The number of nitrogens with one attached hydrogen (secondary N) is 1. The largest absolute Gasteiger partial charge is 0.351 e. The number of rotatable bonds is 4. The molecule has 1 amide bonds. The van der Waals surface area contributed by atoms with Gasteiger partial charge in [-0.05, 0) is 18.9 Å². The van der Waals surface area contributed by atoms with E-state index in [1.165, 1.54) is 0 Å². The molecule has 1 aliphatic rings. The fraction of sp³-hybridized carbons (Fsp3) is 0.615. The average Bonchev–Trinajstić information content (AvgIpc) is 2.47. The number of hydrogen-bond donors (Lipinski definition) is 2. The van der Waals surface area contributed by atoms with Gasteiger partial charge < -0.3 is 16.0 Å². The first kappa shape index (κ1) is 19.9. The summed E-state index contributed by atoms with van der Waals surface area (Å²) in [5, 5.41) is 3.05. The van der Waals surface area contributed by atoms with Crippen LogP contribution in [0.2, 0.25) is 0 Å². The summed E-state index contributed by atoms with van der Waals surface area (Å²) in [6, 6.07) is 1.95. The van der Waals surface area contributed by atoms with Gasteiger partial charge in [0.05, 0.1) is 0 Å². The highest BCUT2D eigenvalue weighted by atomic mass is 35.5. The minimum absolute atomic E-state index is 0. The van der Waals surface area contributed by atoms with Gasteiger partial charge in [-0.15, -0.1) is 24.8 Å². The van der Waals surface area contributed by atoms with E-state index in [2.05, 4.69) is 20.2 Å². The third-order valence-electron chi connectivity index (χ3n) is 3.40. The van der Waals surface area contributed by atoms with Crippen molar-refractivity contribution in [1.82, 2.24) is 15.3 Å². The van der Waals surface area contributed by atoms with Crippen molar-refractivity contribution in [2.24, 2.45) is 11.7 Å². The summed E-state index contributed by atoms with van der Waals surface area (Å²) in [5.41, 5.74) is 5.51. The summed E-state index contributed by atoms with van der Waals surface area (Å²) < 4.78 is 0. The van der Waals surface area contributed by atoms with Gasteiger partial charge in [0.15, 0.2) is 0 Å². The highest BCUT2D eigenvalue weighted by Crippen LogP contribution is 2.15. The van der Waals surface area contributed by atoms with Crippen LogP contribution in [0, 0.1) is 5.92 Å². The number of nitrogens with two attached hydrogens (primary N) is 1. The van der Waals surface area contributed by atoms with Gasteiger partial charge in [0, 0.05) is 44.0 Å². The lowest BCUT2D eigenvalue weighted by atomic mass is 10.0. The Morgan fingerprint density at radius 3 is 2.76 bits per heavy atom. The quantitative estimate of drug-likeness (QED) is 0.857. The van der Waals surface area contributed by atoms with E-state index in [-0.39, 0.29) is 42.7 Å². The van der Waals surface area contributed by atoms with Crippen LogP contribution in [-0.4, -0.2) is 41.6 Å². The summed E-state index contributed by atoms with van der Waals surface area (Å²) in [7, 11) is 0. The Morgan fingerprint density at radius 1 is 1.48 bits per heavy atom. The number of amides is 1. The number of hydrogen-bond acceptors (Lipinski definition) is 5. The van der Waals surface area contributed by atoms with E-state index < -0.39 is 0 Å². The molecule has 0 radical (unpaired) electrons. The van der Waals surface area contributed by atoms with Crippen LogP contribution in [-0.2, 0) is 4.79 Å². The molecule has 2 unspecified atom stereocenters. The standard InChI is InChI=1S/C13H21N5O.2ClH/c1-10(8-14)12(19)17-11-4-2-7-18(9-11)13-15-5-3-6-16-13;;/h3,5-6,10-11H,2,4,7-9,14H2,1H3,(H,17,19);2*1H. The molecule has 1 aliphatic heterocycles. The van der Waals surface area contributed by atoms with Crippen LogP contribution in [0.4, 0.5) is 5.95 Å². The minimum atomic E-state index is -0.136. The Balaban J connectivity index is 0.00000200. The van der Waals surface area contributed by atoms with E-state index in [1.54, 1.807) is 18.5 Å². The lowest BCUT2D eigenvalue weighted by Crippen LogP contribution is -2.50. The number of aromatic nitrogens is 2. The maximum Gasteiger partial charge on any atom is 0.225 e. The Morgan fingerprint density at radius 2 is 2.14 bits per heavy atom. The van der Waals surface area contributed by atoms with Crippen LogP contribution < -0.4 is 16.0 Å². The third kappa shape index (κ3) is 5.65. The molecule has 2 heterocycles. The number of halogens is 2. The van der Waals surface area contributed by atoms with Crippen molar-refractivity contribution in [3.8, 4) is 0 Å². The number of anilines is 1. The second-order valence-electron chi connectivity index (χ2n) is 4.98. The summed E-state index contributed by atoms with van der Waals surface area (Å²) in [6.45, 7) is 3.91. The fourth-order valence-corrected chi connectivity index (χ4v) is 2.18. The van der Waals surface area contributed by atoms with Crippen molar-refractivity contribution in [3.63, 3.8) is 0 Å². The van der Waals surface area contributed by atoms with E-state index in [9.17, 15) is 4.79 Å². The molecular formula is C13H23Cl2N5O. The number of carbonyl (C=O) groups is 1. The first-order valence-electron chi connectivity index (χ1n) is 6.73. The van der Waals surface area contributed by atoms with Gasteiger partial charge in [-0.2, -0.15) is 0 Å². The average molecular weight is 336 g/mol. The third-order valence-corrected chi connectivity index (χ3v) is 3.40. The first-order valence-corrected chi connectivity index (χ1v) is 6.73. The van der Waals surface area contributed by atoms with Gasteiger partial charge in [0.2, 0.25) is 11.9 Å². The molecule has 1 aromatic rings. The molecule has 0 saturated carbocycles. The molecule has 1 saturated heterocycles. The zero-order valence-corrected chi connectivity index (χ0v) is 13.7. The maximum absolute atomic E-state index is 11.8. The van der Waals surface area contributed by atoms with E-state index in [1.807, 2.05) is 6.92 Å². The zero-order valence-electron chi connectivity index (χ0n) is 12.1. The zero-order chi connectivity index (χ0) is 13.7. The van der Waals surface area contributed by atoms with Crippen LogP contribution >= 0.6 is 24.8 Å². The number of nitrogens with zero attached hydrogens (tertiary/aromatic N) is 3. The lowest BCUT2D eigenvalue weighted by Gasteiger charge is -2.33. The van der Waals surface area contributed by atoms with Gasteiger partial charge in [0.1, 0.15) is 0 Å². The van der Waals surface area contributed by atoms with Crippen molar-refractivity contribution in [2.45, 2.75) is 25.8 Å². The number of piperidine rings is 1. The topological polar surface area (TPSA) is 84.1 Å². The maximum atomic E-state index is 11.8. The molecule has 3 N–H and O–H groups in total. The lowest BCUT2D eigenvalue weighted by molar-refractivity contribution is -0.125. The van der Waals surface area contributed by atoms with E-state index >= 15 is 0 Å². The van der Waals surface area contributed by atoms with Crippen molar-refractivity contribution < 1.29 is 4.79 Å². The summed E-state index contributed by atoms with van der Waals surface area (Å²) in [6.07, 6.45) is 5.49. The predicted octanol–water partition coefficient (Wildman–Crippen LogP) is 1.00. The van der Waals surface area contributed by atoms with Crippen LogP contribution in [0.5, 0.6) is 0 Å². The van der Waals surface area contributed by atoms with E-state index in [0.717, 1.165) is 31.9 Å². The Bertz CT molecular complexity index is 420. The fourth-order valence-electron chi connectivity index (χ4n) is 2.18. The van der Waals surface area contributed by atoms with Crippen LogP contribution in [0.3, 0.4) is 0 Å². The molecule has 6 nitrogen and oxygen atoms in total. The van der Waals surface area contributed by atoms with Crippen LogP contribution in [0.25, 0.3) is 0 Å². The highest BCUT2D eigenvalue weighted by Gasteiger charge is 2.24.